The number of primary amides is 1. The van der Waals surface area contributed by atoms with Gasteiger partial charge in [-0.2, -0.15) is 0 Å². The summed E-state index contributed by atoms with van der Waals surface area (Å²) in [5, 5.41) is 2.93. The molecule has 0 aliphatic carbocycles. The van der Waals surface area contributed by atoms with Gasteiger partial charge in [0.1, 0.15) is 12.0 Å². The van der Waals surface area contributed by atoms with E-state index >= 15 is 0 Å². The first kappa shape index (κ1) is 22.2. The number of nitrogens with two attached hydrogens (primary N) is 1. The lowest BCUT2D eigenvalue weighted by molar-refractivity contribution is 0.0945. The van der Waals surface area contributed by atoms with E-state index in [1.54, 1.807) is 10.5 Å². The number of carbonyl (C=O) groups is 2. The number of imidazole rings is 1. The molecule has 33 heavy (non-hydrogen) atoms. The van der Waals surface area contributed by atoms with E-state index in [1.807, 2.05) is 48.5 Å². The van der Waals surface area contributed by atoms with Crippen LogP contribution in [0.2, 0.25) is 0 Å². The quantitative estimate of drug-likeness (QED) is 0.388. The molecular weight excluding hydrogens is 416 g/mol. The second kappa shape index (κ2) is 10.1. The molecule has 3 N–H and O–H groups in total. The molecule has 2 heterocycles. The first-order valence-electron chi connectivity index (χ1n) is 10.8. The smallest absolute Gasteiger partial charge is 0.271 e. The van der Waals surface area contributed by atoms with Gasteiger partial charge in [0.05, 0.1) is 5.69 Å². The molecule has 0 unspecified atom stereocenters. The summed E-state index contributed by atoms with van der Waals surface area (Å²) in [5.41, 5.74) is 8.79. The Bertz CT molecular complexity index is 1250. The van der Waals surface area contributed by atoms with Crippen molar-refractivity contribution in [2.24, 2.45) is 5.73 Å². The van der Waals surface area contributed by atoms with Crippen LogP contribution in [0.3, 0.4) is 0 Å². The summed E-state index contributed by atoms with van der Waals surface area (Å²) in [6, 6.07) is 21.5. The van der Waals surface area contributed by atoms with Crippen LogP contribution in [0.25, 0.3) is 16.9 Å². The Morgan fingerprint density at radius 2 is 1.76 bits per heavy atom. The molecule has 0 saturated carbocycles. The van der Waals surface area contributed by atoms with Crippen LogP contribution >= 0.6 is 0 Å². The van der Waals surface area contributed by atoms with Crippen LogP contribution in [0.4, 0.5) is 0 Å². The number of benzene rings is 2. The molecule has 4 rings (SSSR count). The van der Waals surface area contributed by atoms with Gasteiger partial charge in [-0.1, -0.05) is 60.7 Å². The van der Waals surface area contributed by atoms with Crippen LogP contribution in [0.5, 0.6) is 0 Å². The molecule has 2 aromatic carbocycles. The topological polar surface area (TPSA) is 106 Å². The molecule has 0 atom stereocenters. The third-order valence-corrected chi connectivity index (χ3v) is 5.33. The largest absolute Gasteiger partial charge is 0.364 e. The molecule has 2 aromatic heterocycles. The predicted molar refractivity (Wildman–Crippen MR) is 127 cm³/mol. The van der Waals surface area contributed by atoms with Crippen LogP contribution < -0.4 is 11.1 Å². The highest BCUT2D eigenvalue weighted by Crippen LogP contribution is 2.22. The van der Waals surface area contributed by atoms with Crippen LogP contribution in [-0.4, -0.2) is 51.2 Å². The molecule has 0 bridgehead atoms. The van der Waals surface area contributed by atoms with E-state index in [0.717, 1.165) is 25.1 Å². The molecular formula is C25H26N6O2. The van der Waals surface area contributed by atoms with E-state index in [4.69, 9.17) is 5.73 Å². The minimum absolute atomic E-state index is 0.0318. The molecule has 0 saturated heterocycles. The van der Waals surface area contributed by atoms with Crippen molar-refractivity contribution >= 4 is 17.5 Å². The molecule has 8 heteroatoms. The summed E-state index contributed by atoms with van der Waals surface area (Å²) in [7, 11) is 2.06. The van der Waals surface area contributed by atoms with Gasteiger partial charge >= 0.3 is 0 Å². The van der Waals surface area contributed by atoms with Gasteiger partial charge in [0, 0.05) is 13.1 Å². The van der Waals surface area contributed by atoms with Gasteiger partial charge in [-0.05, 0) is 37.2 Å². The average molecular weight is 443 g/mol. The SMILES string of the molecule is CN(CCCNC(=O)c1cc(-c2ccccc2)n2cnc(C(N)=O)c2n1)Cc1ccccc1. The van der Waals surface area contributed by atoms with Crippen molar-refractivity contribution in [3.05, 3.63) is 90.0 Å². The normalized spacial score (nSPS) is 11.1. The van der Waals surface area contributed by atoms with Crippen LogP contribution in [-0.2, 0) is 6.54 Å². The molecule has 2 amide bonds. The highest BCUT2D eigenvalue weighted by molar-refractivity contribution is 5.99. The Labute approximate surface area is 192 Å². The molecule has 0 aliphatic heterocycles. The molecule has 8 nitrogen and oxygen atoms in total. The highest BCUT2D eigenvalue weighted by atomic mass is 16.2. The van der Waals surface area contributed by atoms with E-state index in [1.165, 1.54) is 11.9 Å². The number of hydrogen-bond donors (Lipinski definition) is 2. The third-order valence-electron chi connectivity index (χ3n) is 5.33. The van der Waals surface area contributed by atoms with Crippen LogP contribution in [0.15, 0.2) is 73.1 Å². The first-order chi connectivity index (χ1) is 16.0. The maximum Gasteiger partial charge on any atom is 0.271 e. The molecule has 0 aliphatic rings. The lowest BCUT2D eigenvalue weighted by atomic mass is 10.1. The van der Waals surface area contributed by atoms with Gasteiger partial charge in [0.25, 0.3) is 11.8 Å². The number of nitrogens with zero attached hydrogens (tertiary/aromatic N) is 4. The van der Waals surface area contributed by atoms with E-state index in [2.05, 4.69) is 39.4 Å². The van der Waals surface area contributed by atoms with E-state index in [9.17, 15) is 9.59 Å². The van der Waals surface area contributed by atoms with E-state index in [0.29, 0.717) is 12.2 Å². The maximum absolute atomic E-state index is 12.9. The van der Waals surface area contributed by atoms with Crippen molar-refractivity contribution in [2.75, 3.05) is 20.1 Å². The fourth-order valence-electron chi connectivity index (χ4n) is 3.71. The first-order valence-corrected chi connectivity index (χ1v) is 10.8. The van der Waals surface area contributed by atoms with E-state index < -0.39 is 5.91 Å². The lowest BCUT2D eigenvalue weighted by Gasteiger charge is -2.16. The maximum atomic E-state index is 12.9. The van der Waals surface area contributed by atoms with Crippen molar-refractivity contribution in [1.82, 2.24) is 24.6 Å². The zero-order valence-electron chi connectivity index (χ0n) is 18.4. The molecule has 168 valence electrons. The van der Waals surface area contributed by atoms with Gasteiger partial charge in [-0.3, -0.25) is 14.0 Å². The van der Waals surface area contributed by atoms with Crippen molar-refractivity contribution in [1.29, 1.82) is 0 Å². The third kappa shape index (κ3) is 5.24. The van der Waals surface area contributed by atoms with Gasteiger partial charge in [0.15, 0.2) is 11.3 Å². The minimum Gasteiger partial charge on any atom is -0.364 e. The standard InChI is InChI=1S/C25H26N6O2/c1-30(16-18-9-4-2-5-10-18)14-8-13-27-25(33)20-15-21(19-11-6-3-7-12-19)31-17-28-22(23(26)32)24(31)29-20/h2-7,9-12,15,17H,8,13-14,16H2,1H3,(H2,26,32)(H,27,33). The Morgan fingerprint density at radius 1 is 1.06 bits per heavy atom. The molecule has 4 aromatic rings. The predicted octanol–water partition coefficient (Wildman–Crippen LogP) is 2.75. The molecule has 0 fully saturated rings. The Kier molecular flexibility index (Phi) is 6.75. The van der Waals surface area contributed by atoms with Crippen molar-refractivity contribution < 1.29 is 9.59 Å². The summed E-state index contributed by atoms with van der Waals surface area (Å²) >= 11 is 0. The van der Waals surface area contributed by atoms with Crippen molar-refractivity contribution in [3.63, 3.8) is 0 Å². The van der Waals surface area contributed by atoms with Crippen molar-refractivity contribution in [3.8, 4) is 11.3 Å². The Balaban J connectivity index is 1.46. The molecule has 0 radical (unpaired) electrons. The fraction of sp³-hybridized carbons (Fsp3) is 0.200. The summed E-state index contributed by atoms with van der Waals surface area (Å²) in [5.74, 6) is -1.000. The monoisotopic (exact) mass is 442 g/mol. The van der Waals surface area contributed by atoms with E-state index in [-0.39, 0.29) is 22.9 Å². The van der Waals surface area contributed by atoms with Gasteiger partial charge in [-0.15, -0.1) is 0 Å². The average Bonchev–Trinajstić information content (AvgIpc) is 3.27. The zero-order chi connectivity index (χ0) is 23.2. The minimum atomic E-state index is -0.692. The Hall–Kier alpha value is -4.04. The number of carbonyl (C=O) groups excluding carboxylic acids is 2. The summed E-state index contributed by atoms with van der Waals surface area (Å²) in [6.45, 7) is 2.20. The van der Waals surface area contributed by atoms with Crippen LogP contribution in [0.1, 0.15) is 33.0 Å². The van der Waals surface area contributed by atoms with Gasteiger partial charge in [-0.25, -0.2) is 9.97 Å². The number of hydrogen-bond acceptors (Lipinski definition) is 5. The highest BCUT2D eigenvalue weighted by Gasteiger charge is 2.18. The Morgan fingerprint density at radius 3 is 2.45 bits per heavy atom. The second-order valence-corrected chi connectivity index (χ2v) is 7.88. The zero-order valence-corrected chi connectivity index (χ0v) is 18.4. The lowest BCUT2D eigenvalue weighted by Crippen LogP contribution is -2.29. The number of rotatable bonds is 9. The summed E-state index contributed by atoms with van der Waals surface area (Å²) < 4.78 is 1.67. The van der Waals surface area contributed by atoms with Crippen molar-refractivity contribution in [2.45, 2.75) is 13.0 Å². The van der Waals surface area contributed by atoms with Gasteiger partial charge in [0.2, 0.25) is 0 Å². The fourth-order valence-corrected chi connectivity index (χ4v) is 3.71. The number of aromatic nitrogens is 3. The number of nitrogens with one attached hydrogen (secondary N) is 1. The summed E-state index contributed by atoms with van der Waals surface area (Å²) in [6.07, 6.45) is 2.29. The van der Waals surface area contributed by atoms with Crippen LogP contribution in [0, 0.1) is 0 Å². The number of amides is 2. The van der Waals surface area contributed by atoms with Gasteiger partial charge < -0.3 is 16.0 Å². The summed E-state index contributed by atoms with van der Waals surface area (Å²) in [4.78, 5) is 35.4. The second-order valence-electron chi connectivity index (χ2n) is 7.88. The number of fused-ring (bicyclic) bond motifs is 1. The molecule has 0 spiro atoms.